The number of alkyl halides is 1. The molecule has 0 spiro atoms. The first kappa shape index (κ1) is 26.9. The van der Waals surface area contributed by atoms with E-state index in [2.05, 4.69) is 6.92 Å². The van der Waals surface area contributed by atoms with E-state index >= 15 is 4.39 Å². The highest BCUT2D eigenvalue weighted by Gasteiger charge is 2.67. The van der Waals surface area contributed by atoms with Crippen molar-refractivity contribution in [1.29, 1.82) is 0 Å². The van der Waals surface area contributed by atoms with E-state index in [4.69, 9.17) is 9.47 Å². The Morgan fingerprint density at radius 2 is 1.76 bits per heavy atom. The minimum atomic E-state index is -1.84. The van der Waals surface area contributed by atoms with Crippen LogP contribution in [-0.2, 0) is 23.9 Å². The summed E-state index contributed by atoms with van der Waals surface area (Å²) in [6.45, 7) is 3.57. The molecule has 1 saturated heterocycles. The van der Waals surface area contributed by atoms with E-state index in [-0.39, 0.29) is 29.3 Å². The molecular formula is C27H37FO9. The first-order valence-corrected chi connectivity index (χ1v) is 13.3. The maximum absolute atomic E-state index is 17.0. The lowest BCUT2D eigenvalue weighted by Gasteiger charge is -2.61. The average molecular weight is 525 g/mol. The van der Waals surface area contributed by atoms with Crippen LogP contribution in [0.5, 0.6) is 0 Å². The fraction of sp³-hybridized carbons (Fsp3) is 0.815. The lowest BCUT2D eigenvalue weighted by Crippen LogP contribution is -2.61. The summed E-state index contributed by atoms with van der Waals surface area (Å²) < 4.78 is 27.6. The van der Waals surface area contributed by atoms with Gasteiger partial charge in [-0.15, -0.1) is 0 Å². The fourth-order valence-electron chi connectivity index (χ4n) is 8.43. The molecule has 0 aromatic rings. The van der Waals surface area contributed by atoms with E-state index in [1.54, 1.807) is 6.08 Å². The number of fused-ring (bicyclic) bond motifs is 5. The van der Waals surface area contributed by atoms with E-state index in [9.17, 15) is 34.8 Å². The van der Waals surface area contributed by atoms with Gasteiger partial charge < -0.3 is 29.9 Å². The van der Waals surface area contributed by atoms with Crippen LogP contribution in [0.2, 0.25) is 0 Å². The maximum atomic E-state index is 17.0. The molecule has 206 valence electrons. The van der Waals surface area contributed by atoms with Gasteiger partial charge in [-0.1, -0.05) is 19.4 Å². The van der Waals surface area contributed by atoms with Crippen molar-refractivity contribution >= 4 is 17.5 Å². The van der Waals surface area contributed by atoms with E-state index in [0.717, 1.165) is 5.57 Å². The number of Topliss-reactive ketones (excluding diaryl/α,β-unsaturated/α-hetero) is 1. The summed E-state index contributed by atoms with van der Waals surface area (Å²) in [5.41, 5.74) is -1.56. The number of halogens is 1. The first-order valence-electron chi connectivity index (χ1n) is 13.3. The average Bonchev–Trinajstić information content (AvgIpc) is 3.20. The summed E-state index contributed by atoms with van der Waals surface area (Å²) in [5.74, 6) is -2.25. The molecule has 9 nitrogen and oxygen atoms in total. The second-order valence-electron chi connectivity index (χ2n) is 12.2. The molecule has 0 bridgehead atoms. The number of ether oxygens (including phenoxy) is 2. The number of aliphatic hydroxyl groups is 3. The van der Waals surface area contributed by atoms with Crippen LogP contribution >= 0.6 is 0 Å². The Kier molecular flexibility index (Phi) is 6.67. The van der Waals surface area contributed by atoms with Crippen molar-refractivity contribution < 1.29 is 48.7 Å². The summed E-state index contributed by atoms with van der Waals surface area (Å²) in [7, 11) is 0. The fourth-order valence-corrected chi connectivity index (χ4v) is 8.43. The SMILES string of the molecule is C[C@]12CCC3(F)[C@@H](CCC4=CC(=O)CC[C@@]43C)[C@@H]1CC[C@@H]2C(=O)COC1O[C@H](C(=O)O)[C@@H](O)[C@H](O)[C@H]1O. The molecule has 1 aliphatic heterocycles. The van der Waals surface area contributed by atoms with Crippen LogP contribution in [0.4, 0.5) is 4.39 Å². The van der Waals surface area contributed by atoms with Gasteiger partial charge in [0.05, 0.1) is 0 Å². The number of rotatable bonds is 5. The Hall–Kier alpha value is -1.72. The molecule has 0 aromatic carbocycles. The van der Waals surface area contributed by atoms with Gasteiger partial charge in [-0.3, -0.25) is 9.59 Å². The molecular weight excluding hydrogens is 487 g/mol. The Morgan fingerprint density at radius 1 is 1.03 bits per heavy atom. The number of carbonyl (C=O) groups excluding carboxylic acids is 2. The van der Waals surface area contributed by atoms with Crippen LogP contribution in [0.25, 0.3) is 0 Å². The second kappa shape index (κ2) is 9.19. The van der Waals surface area contributed by atoms with Gasteiger partial charge in [0.25, 0.3) is 0 Å². The molecule has 0 aromatic heterocycles. The monoisotopic (exact) mass is 524 g/mol. The lowest BCUT2D eigenvalue weighted by molar-refractivity contribution is -0.292. The molecule has 11 atom stereocenters. The number of carboxylic acids is 1. The smallest absolute Gasteiger partial charge is 0.335 e. The van der Waals surface area contributed by atoms with Crippen LogP contribution < -0.4 is 0 Å². The molecule has 3 saturated carbocycles. The van der Waals surface area contributed by atoms with Crippen molar-refractivity contribution in [3.63, 3.8) is 0 Å². The summed E-state index contributed by atoms with van der Waals surface area (Å²) in [4.78, 5) is 36.7. The molecule has 10 heteroatoms. The van der Waals surface area contributed by atoms with Crippen molar-refractivity contribution in [3.05, 3.63) is 11.6 Å². The lowest BCUT2D eigenvalue weighted by atomic mass is 9.45. The third kappa shape index (κ3) is 3.93. The summed E-state index contributed by atoms with van der Waals surface area (Å²) in [6, 6.07) is 0. The Morgan fingerprint density at radius 3 is 2.46 bits per heavy atom. The molecule has 5 aliphatic rings. The van der Waals surface area contributed by atoms with Crippen LogP contribution in [0.3, 0.4) is 0 Å². The number of carboxylic acid groups (broad SMARTS) is 1. The van der Waals surface area contributed by atoms with Gasteiger partial charge in [-0.2, -0.15) is 0 Å². The molecule has 1 heterocycles. The molecule has 5 rings (SSSR count). The molecule has 0 amide bonds. The van der Waals surface area contributed by atoms with Gasteiger partial charge in [0, 0.05) is 17.8 Å². The van der Waals surface area contributed by atoms with Gasteiger partial charge in [-0.25, -0.2) is 9.18 Å². The van der Waals surface area contributed by atoms with Gasteiger partial charge in [0.15, 0.2) is 24.0 Å². The molecule has 0 radical (unpaired) electrons. The predicted molar refractivity (Wildman–Crippen MR) is 126 cm³/mol. The summed E-state index contributed by atoms with van der Waals surface area (Å²) in [6.07, 6.45) is -2.69. The topological polar surface area (TPSA) is 151 Å². The second-order valence-corrected chi connectivity index (χ2v) is 12.2. The van der Waals surface area contributed by atoms with Crippen molar-refractivity contribution in [2.75, 3.05) is 6.61 Å². The van der Waals surface area contributed by atoms with Crippen LogP contribution in [-0.4, -0.2) is 80.9 Å². The maximum Gasteiger partial charge on any atom is 0.335 e. The number of allylic oxidation sites excluding steroid dienone is 1. The number of hydrogen-bond acceptors (Lipinski definition) is 8. The highest BCUT2D eigenvalue weighted by molar-refractivity contribution is 5.91. The normalized spacial score (nSPS) is 49.5. The van der Waals surface area contributed by atoms with E-state index < -0.39 is 59.8 Å². The third-order valence-corrected chi connectivity index (χ3v) is 10.7. The zero-order valence-corrected chi connectivity index (χ0v) is 21.3. The summed E-state index contributed by atoms with van der Waals surface area (Å²) in [5, 5.41) is 39.2. The van der Waals surface area contributed by atoms with E-state index in [0.29, 0.717) is 51.4 Å². The van der Waals surface area contributed by atoms with Gasteiger partial charge in [0.1, 0.15) is 30.6 Å². The minimum Gasteiger partial charge on any atom is -0.479 e. The van der Waals surface area contributed by atoms with E-state index in [1.165, 1.54) is 0 Å². The van der Waals surface area contributed by atoms with Crippen LogP contribution in [0.1, 0.15) is 65.2 Å². The van der Waals surface area contributed by atoms with Crippen molar-refractivity contribution in [2.45, 2.75) is 102 Å². The minimum absolute atomic E-state index is 0.0149. The number of hydrogen-bond donors (Lipinski definition) is 4. The number of aliphatic hydroxyl groups excluding tert-OH is 3. The Bertz CT molecular complexity index is 1010. The molecule has 4 aliphatic carbocycles. The highest BCUT2D eigenvalue weighted by Crippen LogP contribution is 2.69. The Labute approximate surface area is 215 Å². The standard InChI is InChI=1S/C27H37FO9/c1-25-9-10-27(28)16(4-3-13-11-14(29)7-8-26(13,27)2)15(25)5-6-17(25)18(30)12-36-24-21(33)19(31)20(32)22(37-24)23(34)35/h11,15-17,19-22,24,31-33H,3-10,12H2,1-2H3,(H,34,35)/t15-,16-,17+,19-,20-,21+,22-,24?,25-,26-,27?/m0/s1. The first-order chi connectivity index (χ1) is 17.3. The number of ketones is 2. The number of carbonyl (C=O) groups is 3. The third-order valence-electron chi connectivity index (χ3n) is 10.7. The van der Waals surface area contributed by atoms with Gasteiger partial charge in [-0.05, 0) is 68.3 Å². The van der Waals surface area contributed by atoms with Crippen molar-refractivity contribution in [3.8, 4) is 0 Å². The van der Waals surface area contributed by atoms with E-state index in [1.807, 2.05) is 6.92 Å². The molecule has 37 heavy (non-hydrogen) atoms. The summed E-state index contributed by atoms with van der Waals surface area (Å²) >= 11 is 0. The quantitative estimate of drug-likeness (QED) is 0.421. The van der Waals surface area contributed by atoms with Crippen molar-refractivity contribution in [1.82, 2.24) is 0 Å². The zero-order valence-electron chi connectivity index (χ0n) is 21.3. The van der Waals surface area contributed by atoms with Gasteiger partial charge >= 0.3 is 5.97 Å². The highest BCUT2D eigenvalue weighted by atomic mass is 19.1. The van der Waals surface area contributed by atoms with Crippen LogP contribution in [0, 0.1) is 28.6 Å². The Balaban J connectivity index is 1.29. The van der Waals surface area contributed by atoms with Crippen LogP contribution in [0.15, 0.2) is 11.6 Å². The number of aliphatic carboxylic acids is 1. The molecule has 2 unspecified atom stereocenters. The van der Waals surface area contributed by atoms with Gasteiger partial charge in [0.2, 0.25) is 0 Å². The predicted octanol–water partition coefficient (Wildman–Crippen LogP) is 1.70. The largest absolute Gasteiger partial charge is 0.479 e. The van der Waals surface area contributed by atoms with Crippen molar-refractivity contribution in [2.24, 2.45) is 28.6 Å². The molecule has 4 N–H and O–H groups in total. The zero-order chi connectivity index (χ0) is 26.9. The molecule has 4 fully saturated rings.